The van der Waals surface area contributed by atoms with Gasteiger partial charge in [-0.3, -0.25) is 14.9 Å². The Morgan fingerprint density at radius 3 is 2.22 bits per heavy atom. The Balaban J connectivity index is 2.33. The maximum absolute atomic E-state index is 12.5. The fraction of sp³-hybridized carbons (Fsp3) is 0.278. The van der Waals surface area contributed by atoms with Crippen molar-refractivity contribution in [3.05, 3.63) is 80.9 Å². The number of hydrogen-bond donors (Lipinski definition) is 0. The second-order valence-electron chi connectivity index (χ2n) is 6.01. The van der Waals surface area contributed by atoms with E-state index in [2.05, 4.69) is 0 Å². The molecule has 0 aliphatic rings. The van der Waals surface area contributed by atoms with Crippen LogP contribution in [0.4, 0.5) is 0 Å². The minimum Gasteiger partial charge on any atom is -0.294 e. The summed E-state index contributed by atoms with van der Waals surface area (Å²) in [7, 11) is 0. The van der Waals surface area contributed by atoms with Crippen molar-refractivity contribution in [3.8, 4) is 0 Å². The van der Waals surface area contributed by atoms with E-state index in [1.165, 1.54) is 0 Å². The van der Waals surface area contributed by atoms with Gasteiger partial charge in [-0.15, -0.1) is 0 Å². The zero-order chi connectivity index (χ0) is 17.0. The zero-order valence-electron chi connectivity index (χ0n) is 13.0. The van der Waals surface area contributed by atoms with Gasteiger partial charge in [-0.1, -0.05) is 41.9 Å². The standard InChI is InChI=1S/C18H18ClNO3/c1-18(2,20(22)23)16(13-6-4-3-5-7-13)12-17(21)14-8-10-15(19)11-9-14/h3-11,16H,12H2,1-2H3/t16-/m1/s1. The fourth-order valence-corrected chi connectivity index (χ4v) is 2.65. The largest absolute Gasteiger partial charge is 0.294 e. The van der Waals surface area contributed by atoms with Crippen LogP contribution in [0.2, 0.25) is 5.02 Å². The summed E-state index contributed by atoms with van der Waals surface area (Å²) in [6.45, 7) is 3.11. The van der Waals surface area contributed by atoms with E-state index in [1.54, 1.807) is 38.1 Å². The Bertz CT molecular complexity index is 696. The Labute approximate surface area is 140 Å². The molecule has 5 heteroatoms. The first-order valence-corrected chi connectivity index (χ1v) is 7.68. The first kappa shape index (κ1) is 17.2. The SMILES string of the molecule is CC(C)([C@H](CC(=O)c1ccc(Cl)cc1)c1ccccc1)[N+](=O)[O-]. The monoisotopic (exact) mass is 331 g/mol. The molecule has 2 aromatic rings. The molecule has 0 aliphatic heterocycles. The lowest BCUT2D eigenvalue weighted by Gasteiger charge is -2.26. The molecule has 0 aliphatic carbocycles. The molecular formula is C18H18ClNO3. The molecule has 0 fully saturated rings. The molecule has 4 nitrogen and oxygen atoms in total. The van der Waals surface area contributed by atoms with E-state index < -0.39 is 11.5 Å². The summed E-state index contributed by atoms with van der Waals surface area (Å²) >= 11 is 5.83. The van der Waals surface area contributed by atoms with Gasteiger partial charge >= 0.3 is 0 Å². The first-order valence-electron chi connectivity index (χ1n) is 7.30. The number of benzene rings is 2. The van der Waals surface area contributed by atoms with Gasteiger partial charge in [0.1, 0.15) is 0 Å². The van der Waals surface area contributed by atoms with Gasteiger partial charge < -0.3 is 0 Å². The summed E-state index contributed by atoms with van der Waals surface area (Å²) in [6, 6.07) is 15.7. The van der Waals surface area contributed by atoms with Gasteiger partial charge in [0.05, 0.1) is 5.92 Å². The summed E-state index contributed by atoms with van der Waals surface area (Å²) in [5.74, 6) is -0.646. The number of Topliss-reactive ketones (excluding diaryl/α,β-unsaturated/α-hetero) is 1. The molecule has 2 aromatic carbocycles. The third-order valence-corrected chi connectivity index (χ3v) is 4.33. The van der Waals surface area contributed by atoms with E-state index in [0.717, 1.165) is 5.56 Å². The van der Waals surface area contributed by atoms with Crippen molar-refractivity contribution in [1.29, 1.82) is 0 Å². The topological polar surface area (TPSA) is 60.2 Å². The predicted octanol–water partition coefficient (Wildman–Crippen LogP) is 4.75. The van der Waals surface area contributed by atoms with Gasteiger partial charge in [-0.2, -0.15) is 0 Å². The average molecular weight is 332 g/mol. The number of ketones is 1. The maximum Gasteiger partial charge on any atom is 0.223 e. The van der Waals surface area contributed by atoms with Crippen molar-refractivity contribution in [1.82, 2.24) is 0 Å². The molecular weight excluding hydrogens is 314 g/mol. The summed E-state index contributed by atoms with van der Waals surface area (Å²) < 4.78 is 0. The normalized spacial score (nSPS) is 12.7. The van der Waals surface area contributed by atoms with Crippen molar-refractivity contribution < 1.29 is 9.72 Å². The molecule has 0 N–H and O–H groups in total. The van der Waals surface area contributed by atoms with E-state index >= 15 is 0 Å². The molecule has 0 saturated heterocycles. The highest BCUT2D eigenvalue weighted by Gasteiger charge is 2.42. The Kier molecular flexibility index (Phi) is 5.16. The van der Waals surface area contributed by atoms with Gasteiger partial charge in [-0.25, -0.2) is 0 Å². The second-order valence-corrected chi connectivity index (χ2v) is 6.44. The van der Waals surface area contributed by atoms with Gasteiger partial charge in [0.2, 0.25) is 5.54 Å². The maximum atomic E-state index is 12.5. The molecule has 0 saturated carbocycles. The second kappa shape index (κ2) is 6.92. The molecule has 0 unspecified atom stereocenters. The average Bonchev–Trinajstić information content (AvgIpc) is 2.53. The van der Waals surface area contributed by atoms with E-state index in [9.17, 15) is 14.9 Å². The zero-order valence-corrected chi connectivity index (χ0v) is 13.8. The van der Waals surface area contributed by atoms with Crippen LogP contribution in [-0.4, -0.2) is 16.2 Å². The number of nitro groups is 1. The number of nitrogens with zero attached hydrogens (tertiary/aromatic N) is 1. The Morgan fingerprint density at radius 1 is 1.13 bits per heavy atom. The van der Waals surface area contributed by atoms with E-state index in [4.69, 9.17) is 11.6 Å². The Hall–Kier alpha value is -2.20. The van der Waals surface area contributed by atoms with Crippen LogP contribution in [0.3, 0.4) is 0 Å². The van der Waals surface area contributed by atoms with Crippen molar-refractivity contribution >= 4 is 17.4 Å². The highest BCUT2D eigenvalue weighted by molar-refractivity contribution is 6.30. The lowest BCUT2D eigenvalue weighted by Crippen LogP contribution is -2.39. The quantitative estimate of drug-likeness (QED) is 0.436. The number of carbonyl (C=O) groups is 1. The van der Waals surface area contributed by atoms with Crippen LogP contribution in [0.15, 0.2) is 54.6 Å². The van der Waals surface area contributed by atoms with E-state index in [-0.39, 0.29) is 17.1 Å². The van der Waals surface area contributed by atoms with Crippen molar-refractivity contribution in [2.75, 3.05) is 0 Å². The van der Waals surface area contributed by atoms with E-state index in [0.29, 0.717) is 10.6 Å². The van der Waals surface area contributed by atoms with E-state index in [1.807, 2.05) is 30.3 Å². The molecule has 0 radical (unpaired) electrons. The molecule has 120 valence electrons. The van der Waals surface area contributed by atoms with Crippen LogP contribution < -0.4 is 0 Å². The number of rotatable bonds is 6. The van der Waals surface area contributed by atoms with Gasteiger partial charge in [0, 0.05) is 35.8 Å². The third kappa shape index (κ3) is 3.96. The van der Waals surface area contributed by atoms with Gasteiger partial charge in [0.25, 0.3) is 0 Å². The summed E-state index contributed by atoms with van der Waals surface area (Å²) in [4.78, 5) is 23.7. The highest BCUT2D eigenvalue weighted by Crippen LogP contribution is 2.34. The van der Waals surface area contributed by atoms with Crippen LogP contribution >= 0.6 is 11.6 Å². The van der Waals surface area contributed by atoms with Crippen LogP contribution in [0.25, 0.3) is 0 Å². The molecule has 23 heavy (non-hydrogen) atoms. The first-order chi connectivity index (χ1) is 10.8. The van der Waals surface area contributed by atoms with Crippen LogP contribution in [0.1, 0.15) is 42.1 Å². The highest BCUT2D eigenvalue weighted by atomic mass is 35.5. The summed E-state index contributed by atoms with van der Waals surface area (Å²) in [5.41, 5.74) is 0.0506. The van der Waals surface area contributed by atoms with Crippen molar-refractivity contribution in [2.45, 2.75) is 31.7 Å². The molecule has 2 rings (SSSR count). The van der Waals surface area contributed by atoms with Crippen molar-refractivity contribution in [2.24, 2.45) is 0 Å². The van der Waals surface area contributed by atoms with Crippen LogP contribution in [0.5, 0.6) is 0 Å². The summed E-state index contributed by atoms with van der Waals surface area (Å²) in [5, 5.41) is 12.0. The molecule has 0 bridgehead atoms. The smallest absolute Gasteiger partial charge is 0.223 e. The minimum absolute atomic E-state index is 0.0691. The molecule has 1 atom stereocenters. The molecule has 0 aromatic heterocycles. The van der Waals surface area contributed by atoms with Crippen molar-refractivity contribution in [3.63, 3.8) is 0 Å². The molecule has 0 spiro atoms. The molecule has 0 amide bonds. The van der Waals surface area contributed by atoms with Gasteiger partial charge in [-0.05, 0) is 29.8 Å². The lowest BCUT2D eigenvalue weighted by molar-refractivity contribution is -0.565. The minimum atomic E-state index is -1.25. The molecule has 0 heterocycles. The lowest BCUT2D eigenvalue weighted by atomic mass is 9.78. The summed E-state index contributed by atoms with van der Waals surface area (Å²) in [6.07, 6.45) is 0.0691. The number of carbonyl (C=O) groups excluding carboxylic acids is 1. The van der Waals surface area contributed by atoms with Crippen LogP contribution in [0, 0.1) is 10.1 Å². The predicted molar refractivity (Wildman–Crippen MR) is 90.7 cm³/mol. The Morgan fingerprint density at radius 2 is 1.70 bits per heavy atom. The number of hydrogen-bond acceptors (Lipinski definition) is 3. The van der Waals surface area contributed by atoms with Gasteiger partial charge in [0.15, 0.2) is 5.78 Å². The number of halogens is 1. The third-order valence-electron chi connectivity index (χ3n) is 4.08. The van der Waals surface area contributed by atoms with Crippen LogP contribution in [-0.2, 0) is 0 Å². The fourth-order valence-electron chi connectivity index (χ4n) is 2.53.